The van der Waals surface area contributed by atoms with Crippen molar-refractivity contribution >= 4 is 29.1 Å². The number of halogens is 2. The maximum atomic E-state index is 12.4. The standard InChI is InChI=1S/C16H20Cl2N2O2/c1-19(2)10-6-11-5-9(8-20(11)14(22)7-10)15-13(21)4-3-12(17)16(15)18/h3-4,9-11,21H,5-8H2,1-2H3/t9-,10+,11-/m0/s1. The van der Waals surface area contributed by atoms with E-state index in [-0.39, 0.29) is 29.7 Å². The van der Waals surface area contributed by atoms with Gasteiger partial charge in [0, 0.05) is 36.5 Å². The van der Waals surface area contributed by atoms with Crippen LogP contribution in [0, 0.1) is 0 Å². The molecular formula is C16H20Cl2N2O2. The number of hydrogen-bond acceptors (Lipinski definition) is 3. The van der Waals surface area contributed by atoms with Gasteiger partial charge in [-0.3, -0.25) is 4.79 Å². The largest absolute Gasteiger partial charge is 0.508 e. The lowest BCUT2D eigenvalue weighted by molar-refractivity contribution is -0.136. The van der Waals surface area contributed by atoms with Crippen molar-refractivity contribution in [2.24, 2.45) is 0 Å². The van der Waals surface area contributed by atoms with Crippen LogP contribution < -0.4 is 0 Å². The highest BCUT2D eigenvalue weighted by Crippen LogP contribution is 2.45. The Hall–Kier alpha value is -0.970. The molecule has 2 aliphatic heterocycles. The molecule has 3 rings (SSSR count). The molecule has 1 aromatic carbocycles. The van der Waals surface area contributed by atoms with Gasteiger partial charge in [-0.1, -0.05) is 23.2 Å². The summed E-state index contributed by atoms with van der Waals surface area (Å²) >= 11 is 12.4. The van der Waals surface area contributed by atoms with E-state index in [2.05, 4.69) is 4.90 Å². The second kappa shape index (κ2) is 5.91. The lowest BCUT2D eigenvalue weighted by Gasteiger charge is -2.37. The van der Waals surface area contributed by atoms with Crippen molar-refractivity contribution in [3.05, 3.63) is 27.7 Å². The van der Waals surface area contributed by atoms with E-state index in [4.69, 9.17) is 23.2 Å². The number of piperidine rings is 1. The maximum absolute atomic E-state index is 12.4. The normalized spacial score (nSPS) is 28.3. The van der Waals surface area contributed by atoms with Gasteiger partial charge in [0.1, 0.15) is 5.75 Å². The Bertz CT molecular complexity index is 606. The second-order valence-electron chi connectivity index (χ2n) is 6.48. The molecule has 2 aliphatic rings. The lowest BCUT2D eigenvalue weighted by atomic mass is 9.91. The highest BCUT2D eigenvalue weighted by atomic mass is 35.5. The summed E-state index contributed by atoms with van der Waals surface area (Å²) in [4.78, 5) is 16.4. The van der Waals surface area contributed by atoms with E-state index in [0.29, 0.717) is 28.6 Å². The molecule has 0 saturated carbocycles. The molecule has 0 aliphatic carbocycles. The zero-order chi connectivity index (χ0) is 16.0. The fourth-order valence-corrected chi connectivity index (χ4v) is 4.19. The minimum atomic E-state index is 0.0427. The molecule has 2 heterocycles. The van der Waals surface area contributed by atoms with Crippen molar-refractivity contribution in [3.63, 3.8) is 0 Å². The smallest absolute Gasteiger partial charge is 0.224 e. The minimum Gasteiger partial charge on any atom is -0.508 e. The molecule has 0 bridgehead atoms. The van der Waals surface area contributed by atoms with Crippen molar-refractivity contribution < 1.29 is 9.90 Å². The Kier molecular flexibility index (Phi) is 4.27. The summed E-state index contributed by atoms with van der Waals surface area (Å²) in [6, 6.07) is 3.67. The van der Waals surface area contributed by atoms with Gasteiger partial charge in [-0.15, -0.1) is 0 Å². The van der Waals surface area contributed by atoms with Gasteiger partial charge in [0.25, 0.3) is 0 Å². The molecular weight excluding hydrogens is 323 g/mol. The summed E-state index contributed by atoms with van der Waals surface area (Å²) in [6.45, 7) is 0.608. The number of carbonyl (C=O) groups excluding carboxylic acids is 1. The van der Waals surface area contributed by atoms with Crippen molar-refractivity contribution in [3.8, 4) is 5.75 Å². The van der Waals surface area contributed by atoms with Gasteiger partial charge in [-0.2, -0.15) is 0 Å². The predicted octanol–water partition coefficient (Wildman–Crippen LogP) is 3.11. The van der Waals surface area contributed by atoms with Crippen LogP contribution in [-0.2, 0) is 4.79 Å². The second-order valence-corrected chi connectivity index (χ2v) is 7.27. The minimum absolute atomic E-state index is 0.0427. The van der Waals surface area contributed by atoms with Gasteiger partial charge in [0.15, 0.2) is 0 Å². The van der Waals surface area contributed by atoms with Crippen LogP contribution in [0.1, 0.15) is 30.7 Å². The first-order valence-corrected chi connectivity index (χ1v) is 8.26. The molecule has 1 amide bonds. The monoisotopic (exact) mass is 342 g/mol. The summed E-state index contributed by atoms with van der Waals surface area (Å²) in [7, 11) is 4.03. The van der Waals surface area contributed by atoms with E-state index >= 15 is 0 Å². The van der Waals surface area contributed by atoms with Crippen molar-refractivity contribution in [2.75, 3.05) is 20.6 Å². The van der Waals surface area contributed by atoms with Crippen LogP contribution in [0.5, 0.6) is 5.75 Å². The van der Waals surface area contributed by atoms with Gasteiger partial charge >= 0.3 is 0 Å². The molecule has 0 unspecified atom stereocenters. The van der Waals surface area contributed by atoms with E-state index in [1.165, 1.54) is 0 Å². The third kappa shape index (κ3) is 2.68. The molecule has 4 nitrogen and oxygen atoms in total. The number of benzene rings is 1. The number of fused-ring (bicyclic) bond motifs is 1. The van der Waals surface area contributed by atoms with E-state index in [1.807, 2.05) is 19.0 Å². The Morgan fingerprint density at radius 1 is 1.27 bits per heavy atom. The molecule has 0 radical (unpaired) electrons. The number of nitrogens with zero attached hydrogens (tertiary/aromatic N) is 2. The Morgan fingerprint density at radius 3 is 2.68 bits per heavy atom. The molecule has 3 atom stereocenters. The number of aromatic hydroxyl groups is 1. The van der Waals surface area contributed by atoms with Gasteiger partial charge in [-0.05, 0) is 39.1 Å². The molecule has 2 saturated heterocycles. The van der Waals surface area contributed by atoms with E-state index < -0.39 is 0 Å². The molecule has 1 aromatic rings. The average molecular weight is 343 g/mol. The number of rotatable bonds is 2. The average Bonchev–Trinajstić information content (AvgIpc) is 2.87. The third-order valence-corrected chi connectivity index (χ3v) is 5.76. The number of carbonyl (C=O) groups is 1. The number of hydrogen-bond donors (Lipinski definition) is 1. The van der Waals surface area contributed by atoms with Crippen molar-refractivity contribution in [1.82, 2.24) is 9.80 Å². The fraction of sp³-hybridized carbons (Fsp3) is 0.562. The SMILES string of the molecule is CN(C)[C@H]1CC(=O)N2C[C@@H](c3c(O)ccc(Cl)c3Cl)C[C@H]2C1. The molecule has 0 spiro atoms. The predicted molar refractivity (Wildman–Crippen MR) is 87.7 cm³/mol. The van der Waals surface area contributed by atoms with Crippen LogP contribution in [0.4, 0.5) is 0 Å². The van der Waals surface area contributed by atoms with E-state index in [9.17, 15) is 9.90 Å². The molecule has 22 heavy (non-hydrogen) atoms. The zero-order valence-corrected chi connectivity index (χ0v) is 14.2. The summed E-state index contributed by atoms with van der Waals surface area (Å²) < 4.78 is 0. The molecule has 6 heteroatoms. The van der Waals surface area contributed by atoms with E-state index in [1.54, 1.807) is 12.1 Å². The summed E-state index contributed by atoms with van der Waals surface area (Å²) in [6.07, 6.45) is 2.35. The lowest BCUT2D eigenvalue weighted by Crippen LogP contribution is -2.48. The first-order valence-electron chi connectivity index (χ1n) is 7.51. The molecule has 2 fully saturated rings. The van der Waals surface area contributed by atoms with E-state index in [0.717, 1.165) is 12.8 Å². The molecule has 0 aromatic heterocycles. The van der Waals surface area contributed by atoms with Crippen LogP contribution in [0.2, 0.25) is 10.0 Å². The van der Waals surface area contributed by atoms with Gasteiger partial charge < -0.3 is 14.9 Å². The third-order valence-electron chi connectivity index (χ3n) is 4.94. The van der Waals surface area contributed by atoms with Crippen LogP contribution in [0.15, 0.2) is 12.1 Å². The summed E-state index contributed by atoms with van der Waals surface area (Å²) in [5.74, 6) is 0.395. The van der Waals surface area contributed by atoms with Crippen LogP contribution >= 0.6 is 23.2 Å². The van der Waals surface area contributed by atoms with Gasteiger partial charge in [-0.25, -0.2) is 0 Å². The Labute approximate surface area is 140 Å². The highest BCUT2D eigenvalue weighted by Gasteiger charge is 2.42. The Balaban J connectivity index is 1.86. The highest BCUT2D eigenvalue weighted by molar-refractivity contribution is 6.42. The molecule has 120 valence electrons. The first-order chi connectivity index (χ1) is 10.4. The van der Waals surface area contributed by atoms with Gasteiger partial charge in [0.05, 0.1) is 10.0 Å². The first kappa shape index (κ1) is 15.9. The van der Waals surface area contributed by atoms with Crippen LogP contribution in [0.3, 0.4) is 0 Å². The van der Waals surface area contributed by atoms with Crippen molar-refractivity contribution in [1.29, 1.82) is 0 Å². The van der Waals surface area contributed by atoms with Crippen molar-refractivity contribution in [2.45, 2.75) is 37.3 Å². The quantitative estimate of drug-likeness (QED) is 0.897. The number of phenols is 1. The van der Waals surface area contributed by atoms with Gasteiger partial charge in [0.2, 0.25) is 5.91 Å². The fourth-order valence-electron chi connectivity index (χ4n) is 3.71. The number of amides is 1. The summed E-state index contributed by atoms with van der Waals surface area (Å²) in [5.41, 5.74) is 0.678. The topological polar surface area (TPSA) is 43.8 Å². The van der Waals surface area contributed by atoms with Crippen LogP contribution in [0.25, 0.3) is 0 Å². The zero-order valence-electron chi connectivity index (χ0n) is 12.7. The Morgan fingerprint density at radius 2 is 2.00 bits per heavy atom. The number of phenolic OH excluding ortho intramolecular Hbond substituents is 1. The van der Waals surface area contributed by atoms with Crippen LogP contribution in [-0.4, -0.2) is 53.5 Å². The summed E-state index contributed by atoms with van der Waals surface area (Å²) in [5, 5.41) is 11.0. The maximum Gasteiger partial charge on any atom is 0.224 e. The molecule has 1 N–H and O–H groups in total.